The fourth-order valence-corrected chi connectivity index (χ4v) is 1.73. The molecule has 0 aromatic rings. The Labute approximate surface area is 65.5 Å². The third-order valence-corrected chi connectivity index (χ3v) is 3.65. The first kappa shape index (κ1) is 7.33. The zero-order valence-electron chi connectivity index (χ0n) is 6.02. The summed E-state index contributed by atoms with van der Waals surface area (Å²) in [4.78, 5) is 0.645. The smallest absolute Gasteiger partial charge is 0.0377 e. The lowest BCUT2D eigenvalue weighted by molar-refractivity contribution is 0.527. The van der Waals surface area contributed by atoms with Crippen LogP contribution in [-0.4, -0.2) is 4.83 Å². The minimum absolute atomic E-state index is 0.645. The van der Waals surface area contributed by atoms with Gasteiger partial charge in [-0.3, -0.25) is 0 Å². The molecule has 0 fully saturated rings. The summed E-state index contributed by atoms with van der Waals surface area (Å²) in [6.07, 6.45) is 4.95. The van der Waals surface area contributed by atoms with Crippen molar-refractivity contribution in [2.24, 2.45) is 5.92 Å². The Morgan fingerprint density at radius 2 is 2.33 bits per heavy atom. The third kappa shape index (κ3) is 1.57. The Balaban J connectivity index is 2.62. The molecule has 1 aliphatic carbocycles. The molecule has 52 valence electrons. The van der Waals surface area contributed by atoms with Gasteiger partial charge in [0, 0.05) is 4.83 Å². The van der Waals surface area contributed by atoms with E-state index in [1.807, 2.05) is 0 Å². The van der Waals surface area contributed by atoms with Crippen molar-refractivity contribution in [3.63, 3.8) is 0 Å². The van der Waals surface area contributed by atoms with Crippen LogP contribution in [0.4, 0.5) is 0 Å². The van der Waals surface area contributed by atoms with Crippen molar-refractivity contribution in [2.45, 2.75) is 31.5 Å². The first-order chi connectivity index (χ1) is 4.22. The van der Waals surface area contributed by atoms with Crippen molar-refractivity contribution in [1.82, 2.24) is 0 Å². The predicted molar refractivity (Wildman–Crippen MR) is 44.9 cm³/mol. The van der Waals surface area contributed by atoms with Gasteiger partial charge < -0.3 is 0 Å². The maximum absolute atomic E-state index is 3.65. The molecule has 1 aliphatic rings. The molecular weight excluding hydrogens is 176 g/mol. The summed E-state index contributed by atoms with van der Waals surface area (Å²) in [6, 6.07) is 0. The summed E-state index contributed by atoms with van der Waals surface area (Å²) in [5, 5.41) is 0. The molecule has 1 heteroatoms. The highest BCUT2D eigenvalue weighted by atomic mass is 79.9. The largest absolute Gasteiger partial charge is 0.0845 e. The van der Waals surface area contributed by atoms with Crippen molar-refractivity contribution in [2.75, 3.05) is 0 Å². The van der Waals surface area contributed by atoms with Crippen molar-refractivity contribution in [1.29, 1.82) is 0 Å². The van der Waals surface area contributed by atoms with E-state index < -0.39 is 0 Å². The summed E-state index contributed by atoms with van der Waals surface area (Å²) in [5.41, 5.74) is 1.51. The molecule has 2 atom stereocenters. The van der Waals surface area contributed by atoms with Gasteiger partial charge >= 0.3 is 0 Å². The fraction of sp³-hybridized carbons (Fsp3) is 0.750. The maximum Gasteiger partial charge on any atom is 0.0377 e. The highest BCUT2D eigenvalue weighted by molar-refractivity contribution is 9.09. The van der Waals surface area contributed by atoms with Crippen LogP contribution in [0, 0.1) is 5.92 Å². The van der Waals surface area contributed by atoms with Gasteiger partial charge in [0.2, 0.25) is 0 Å². The second kappa shape index (κ2) is 2.87. The molecule has 0 saturated carbocycles. The van der Waals surface area contributed by atoms with Gasteiger partial charge in [-0.1, -0.05) is 34.5 Å². The molecule has 0 heterocycles. The SMILES string of the molecule is CC1=CCCC(C)C1Br. The number of hydrogen-bond donors (Lipinski definition) is 0. The molecule has 0 amide bonds. The van der Waals surface area contributed by atoms with Crippen molar-refractivity contribution in [3.05, 3.63) is 11.6 Å². The van der Waals surface area contributed by atoms with Crippen LogP contribution in [0.25, 0.3) is 0 Å². The second-order valence-electron chi connectivity index (χ2n) is 2.90. The number of rotatable bonds is 0. The Morgan fingerprint density at radius 1 is 1.67 bits per heavy atom. The monoisotopic (exact) mass is 188 g/mol. The van der Waals surface area contributed by atoms with Gasteiger partial charge in [0.15, 0.2) is 0 Å². The van der Waals surface area contributed by atoms with Crippen LogP contribution in [0.1, 0.15) is 26.7 Å². The summed E-state index contributed by atoms with van der Waals surface area (Å²) >= 11 is 3.65. The molecule has 9 heavy (non-hydrogen) atoms. The number of halogens is 1. The van der Waals surface area contributed by atoms with Crippen molar-refractivity contribution >= 4 is 15.9 Å². The van der Waals surface area contributed by atoms with Crippen molar-refractivity contribution in [3.8, 4) is 0 Å². The third-order valence-electron chi connectivity index (χ3n) is 2.02. The summed E-state index contributed by atoms with van der Waals surface area (Å²) in [7, 11) is 0. The number of alkyl halides is 1. The van der Waals surface area contributed by atoms with Crippen LogP contribution in [0.15, 0.2) is 11.6 Å². The molecular formula is C8H13Br. The minimum atomic E-state index is 0.645. The lowest BCUT2D eigenvalue weighted by Gasteiger charge is -2.22. The van der Waals surface area contributed by atoms with Crippen LogP contribution >= 0.6 is 15.9 Å². The standard InChI is InChI=1S/C8H13Br/c1-6-4-3-5-7(2)8(6)9/h4,7-8H,3,5H2,1-2H3. The zero-order valence-corrected chi connectivity index (χ0v) is 7.61. The Hall–Kier alpha value is 0.220. The highest BCUT2D eigenvalue weighted by Gasteiger charge is 2.17. The van der Waals surface area contributed by atoms with Crippen LogP contribution in [0.3, 0.4) is 0 Å². The normalized spacial score (nSPS) is 36.1. The average molecular weight is 189 g/mol. The van der Waals surface area contributed by atoms with E-state index in [1.165, 1.54) is 18.4 Å². The van der Waals surface area contributed by atoms with Gasteiger partial charge in [-0.15, -0.1) is 0 Å². The molecule has 1 rings (SSSR count). The van der Waals surface area contributed by atoms with Gasteiger partial charge in [0.1, 0.15) is 0 Å². The molecule has 2 unspecified atom stereocenters. The fourth-order valence-electron chi connectivity index (χ4n) is 1.28. The van der Waals surface area contributed by atoms with Gasteiger partial charge in [0.25, 0.3) is 0 Å². The van der Waals surface area contributed by atoms with E-state index in [4.69, 9.17) is 0 Å². The molecule has 0 aromatic heterocycles. The maximum atomic E-state index is 3.65. The van der Waals surface area contributed by atoms with Crippen molar-refractivity contribution < 1.29 is 0 Å². The van der Waals surface area contributed by atoms with E-state index in [0.717, 1.165) is 5.92 Å². The lowest BCUT2D eigenvalue weighted by atomic mass is 9.91. The summed E-state index contributed by atoms with van der Waals surface area (Å²) in [5.74, 6) is 0.829. The van der Waals surface area contributed by atoms with Gasteiger partial charge in [0.05, 0.1) is 0 Å². The Bertz CT molecular complexity index is 127. The molecule has 0 aromatic carbocycles. The van der Waals surface area contributed by atoms with Crippen LogP contribution in [0.2, 0.25) is 0 Å². The van der Waals surface area contributed by atoms with E-state index in [2.05, 4.69) is 35.9 Å². The van der Waals surface area contributed by atoms with E-state index >= 15 is 0 Å². The highest BCUT2D eigenvalue weighted by Crippen LogP contribution is 2.29. The summed E-state index contributed by atoms with van der Waals surface area (Å²) < 4.78 is 0. The molecule has 0 nitrogen and oxygen atoms in total. The number of hydrogen-bond acceptors (Lipinski definition) is 0. The average Bonchev–Trinajstić information content (AvgIpc) is 1.83. The van der Waals surface area contributed by atoms with Crippen LogP contribution in [-0.2, 0) is 0 Å². The second-order valence-corrected chi connectivity index (χ2v) is 3.89. The first-order valence-electron chi connectivity index (χ1n) is 3.52. The Morgan fingerprint density at radius 3 is 2.78 bits per heavy atom. The first-order valence-corrected chi connectivity index (χ1v) is 4.44. The molecule has 0 spiro atoms. The zero-order chi connectivity index (χ0) is 6.85. The predicted octanol–water partition coefficient (Wildman–Crippen LogP) is 3.13. The van der Waals surface area contributed by atoms with Crippen LogP contribution in [0.5, 0.6) is 0 Å². The number of allylic oxidation sites excluding steroid dienone is 2. The molecule has 0 saturated heterocycles. The molecule has 0 bridgehead atoms. The molecule has 0 N–H and O–H groups in total. The minimum Gasteiger partial charge on any atom is -0.0845 e. The Kier molecular flexibility index (Phi) is 2.34. The summed E-state index contributed by atoms with van der Waals surface area (Å²) in [6.45, 7) is 4.50. The van der Waals surface area contributed by atoms with E-state index in [0.29, 0.717) is 4.83 Å². The van der Waals surface area contributed by atoms with E-state index in [9.17, 15) is 0 Å². The molecule has 0 aliphatic heterocycles. The quantitative estimate of drug-likeness (QED) is 0.405. The van der Waals surface area contributed by atoms with Crippen LogP contribution < -0.4 is 0 Å². The van der Waals surface area contributed by atoms with Gasteiger partial charge in [-0.05, 0) is 25.7 Å². The van der Waals surface area contributed by atoms with E-state index in [-0.39, 0.29) is 0 Å². The van der Waals surface area contributed by atoms with E-state index in [1.54, 1.807) is 0 Å². The lowest BCUT2D eigenvalue weighted by Crippen LogP contribution is -2.15. The van der Waals surface area contributed by atoms with Gasteiger partial charge in [-0.25, -0.2) is 0 Å². The topological polar surface area (TPSA) is 0 Å². The van der Waals surface area contributed by atoms with Gasteiger partial charge in [-0.2, -0.15) is 0 Å². The molecule has 0 radical (unpaired) electrons.